The monoisotopic (exact) mass is 165 g/mol. The molecule has 0 spiro atoms. The maximum atomic E-state index is 5.08. The topological polar surface area (TPSA) is 25.2 Å². The van der Waals surface area contributed by atoms with E-state index in [1.807, 2.05) is 13.3 Å². The zero-order chi connectivity index (χ0) is 8.39. The molecule has 1 fully saturated rings. The second-order valence-electron chi connectivity index (χ2n) is 3.55. The van der Waals surface area contributed by atoms with Crippen LogP contribution in [0.25, 0.3) is 0 Å². The van der Waals surface area contributed by atoms with Gasteiger partial charge >= 0.3 is 0 Å². The van der Waals surface area contributed by atoms with E-state index in [0.717, 1.165) is 5.92 Å². The van der Waals surface area contributed by atoms with Crippen LogP contribution in [0.15, 0.2) is 23.0 Å². The lowest BCUT2D eigenvalue weighted by Gasteiger charge is -2.07. The van der Waals surface area contributed by atoms with Gasteiger partial charge in [-0.15, -0.1) is 0 Å². The summed E-state index contributed by atoms with van der Waals surface area (Å²) < 4.78 is 5.08. The van der Waals surface area contributed by atoms with Crippen LogP contribution >= 0.6 is 0 Å². The van der Waals surface area contributed by atoms with Gasteiger partial charge in [-0.25, -0.2) is 0 Å². The number of nitrogens with one attached hydrogen (secondary N) is 1. The summed E-state index contributed by atoms with van der Waals surface area (Å²) in [7, 11) is 2.04. The SMILES string of the molecule is CNC1CCC(c2ccoc2)C1. The van der Waals surface area contributed by atoms with Crippen molar-refractivity contribution in [2.75, 3.05) is 7.05 Å². The smallest absolute Gasteiger partial charge is 0.0937 e. The highest BCUT2D eigenvalue weighted by Crippen LogP contribution is 2.34. The Morgan fingerprint density at radius 3 is 3.00 bits per heavy atom. The van der Waals surface area contributed by atoms with Gasteiger partial charge in [0.25, 0.3) is 0 Å². The van der Waals surface area contributed by atoms with Crippen LogP contribution in [-0.4, -0.2) is 13.1 Å². The molecule has 66 valence electrons. The number of rotatable bonds is 2. The molecular formula is C10H15NO. The zero-order valence-electron chi connectivity index (χ0n) is 7.42. The molecule has 2 rings (SSSR count). The molecule has 0 saturated heterocycles. The summed E-state index contributed by atoms with van der Waals surface area (Å²) in [5.74, 6) is 0.723. The Morgan fingerprint density at radius 1 is 1.50 bits per heavy atom. The molecular weight excluding hydrogens is 150 g/mol. The maximum Gasteiger partial charge on any atom is 0.0937 e. The zero-order valence-corrected chi connectivity index (χ0v) is 7.42. The first kappa shape index (κ1) is 7.87. The Labute approximate surface area is 73.0 Å². The van der Waals surface area contributed by atoms with Gasteiger partial charge in [-0.05, 0) is 43.9 Å². The Hall–Kier alpha value is -0.760. The molecule has 1 aliphatic carbocycles. The predicted molar refractivity (Wildman–Crippen MR) is 48.1 cm³/mol. The number of furan rings is 1. The molecule has 1 aromatic heterocycles. The van der Waals surface area contributed by atoms with Crippen LogP contribution in [0.4, 0.5) is 0 Å². The van der Waals surface area contributed by atoms with Gasteiger partial charge in [0, 0.05) is 6.04 Å². The quantitative estimate of drug-likeness (QED) is 0.726. The third-order valence-corrected chi connectivity index (χ3v) is 2.86. The fourth-order valence-electron chi connectivity index (χ4n) is 2.05. The fraction of sp³-hybridized carbons (Fsp3) is 0.600. The lowest BCUT2D eigenvalue weighted by atomic mass is 10.0. The van der Waals surface area contributed by atoms with E-state index in [1.165, 1.54) is 24.8 Å². The Morgan fingerprint density at radius 2 is 2.42 bits per heavy atom. The third kappa shape index (κ3) is 1.39. The van der Waals surface area contributed by atoms with Gasteiger partial charge in [0.05, 0.1) is 12.5 Å². The molecule has 0 bridgehead atoms. The van der Waals surface area contributed by atoms with E-state index in [9.17, 15) is 0 Å². The van der Waals surface area contributed by atoms with Gasteiger partial charge < -0.3 is 9.73 Å². The molecule has 0 radical (unpaired) electrons. The van der Waals surface area contributed by atoms with E-state index in [1.54, 1.807) is 6.26 Å². The van der Waals surface area contributed by atoms with Crippen molar-refractivity contribution in [3.05, 3.63) is 24.2 Å². The van der Waals surface area contributed by atoms with Crippen molar-refractivity contribution < 1.29 is 4.42 Å². The van der Waals surface area contributed by atoms with E-state index < -0.39 is 0 Å². The molecule has 1 aliphatic rings. The molecule has 2 unspecified atom stereocenters. The van der Waals surface area contributed by atoms with Crippen molar-refractivity contribution in [2.45, 2.75) is 31.2 Å². The van der Waals surface area contributed by atoms with Crippen molar-refractivity contribution in [3.63, 3.8) is 0 Å². The van der Waals surface area contributed by atoms with Crippen LogP contribution in [0.2, 0.25) is 0 Å². The van der Waals surface area contributed by atoms with Gasteiger partial charge in [-0.3, -0.25) is 0 Å². The third-order valence-electron chi connectivity index (χ3n) is 2.86. The van der Waals surface area contributed by atoms with Gasteiger partial charge in [0.2, 0.25) is 0 Å². The van der Waals surface area contributed by atoms with Gasteiger partial charge in [-0.2, -0.15) is 0 Å². The van der Waals surface area contributed by atoms with E-state index in [2.05, 4.69) is 11.4 Å². The summed E-state index contributed by atoms with van der Waals surface area (Å²) in [5.41, 5.74) is 1.37. The van der Waals surface area contributed by atoms with E-state index in [0.29, 0.717) is 6.04 Å². The van der Waals surface area contributed by atoms with Crippen LogP contribution in [0.3, 0.4) is 0 Å². The lowest BCUT2D eigenvalue weighted by Crippen LogP contribution is -2.20. The molecule has 1 N–H and O–H groups in total. The summed E-state index contributed by atoms with van der Waals surface area (Å²) in [6.07, 6.45) is 7.50. The summed E-state index contributed by atoms with van der Waals surface area (Å²) in [4.78, 5) is 0. The van der Waals surface area contributed by atoms with Gasteiger partial charge in [0.15, 0.2) is 0 Å². The normalized spacial score (nSPS) is 29.4. The second kappa shape index (κ2) is 3.31. The van der Waals surface area contributed by atoms with Crippen LogP contribution in [0.5, 0.6) is 0 Å². The van der Waals surface area contributed by atoms with Crippen molar-refractivity contribution in [3.8, 4) is 0 Å². The number of hydrogen-bond donors (Lipinski definition) is 1. The first-order valence-electron chi connectivity index (χ1n) is 4.59. The average Bonchev–Trinajstić information content (AvgIpc) is 2.75. The number of hydrogen-bond acceptors (Lipinski definition) is 2. The molecule has 12 heavy (non-hydrogen) atoms. The Kier molecular flexibility index (Phi) is 2.17. The standard InChI is InChI=1S/C10H15NO/c1-11-10-3-2-8(6-10)9-4-5-12-7-9/h4-5,7-8,10-11H,2-3,6H2,1H3. The highest BCUT2D eigenvalue weighted by Gasteiger charge is 2.24. The lowest BCUT2D eigenvalue weighted by molar-refractivity contribution is 0.551. The second-order valence-corrected chi connectivity index (χ2v) is 3.55. The highest BCUT2D eigenvalue weighted by molar-refractivity contribution is 5.14. The van der Waals surface area contributed by atoms with E-state index in [-0.39, 0.29) is 0 Å². The molecule has 0 amide bonds. The summed E-state index contributed by atoms with van der Waals surface area (Å²) in [6.45, 7) is 0. The fourth-order valence-corrected chi connectivity index (χ4v) is 2.05. The maximum absolute atomic E-state index is 5.08. The molecule has 2 nitrogen and oxygen atoms in total. The van der Waals surface area contributed by atoms with Gasteiger partial charge in [0.1, 0.15) is 0 Å². The molecule has 1 saturated carbocycles. The van der Waals surface area contributed by atoms with Crippen molar-refractivity contribution >= 4 is 0 Å². The summed E-state index contributed by atoms with van der Waals surface area (Å²) >= 11 is 0. The molecule has 1 heterocycles. The Balaban J connectivity index is 2.00. The van der Waals surface area contributed by atoms with E-state index in [4.69, 9.17) is 4.42 Å². The van der Waals surface area contributed by atoms with Crippen LogP contribution in [0.1, 0.15) is 30.7 Å². The van der Waals surface area contributed by atoms with Crippen molar-refractivity contribution in [1.29, 1.82) is 0 Å². The largest absolute Gasteiger partial charge is 0.472 e. The minimum Gasteiger partial charge on any atom is -0.472 e. The van der Waals surface area contributed by atoms with Crippen LogP contribution < -0.4 is 5.32 Å². The first-order chi connectivity index (χ1) is 5.90. The van der Waals surface area contributed by atoms with Crippen molar-refractivity contribution in [1.82, 2.24) is 5.32 Å². The minimum atomic E-state index is 0.713. The van der Waals surface area contributed by atoms with Crippen molar-refractivity contribution in [2.24, 2.45) is 0 Å². The highest BCUT2D eigenvalue weighted by atomic mass is 16.3. The summed E-state index contributed by atoms with van der Waals surface area (Å²) in [6, 6.07) is 2.80. The Bertz CT molecular complexity index is 230. The van der Waals surface area contributed by atoms with Gasteiger partial charge in [-0.1, -0.05) is 0 Å². The molecule has 2 heteroatoms. The molecule has 1 aromatic rings. The minimum absolute atomic E-state index is 0.713. The average molecular weight is 165 g/mol. The van der Waals surface area contributed by atoms with Crippen LogP contribution in [0, 0.1) is 0 Å². The first-order valence-corrected chi connectivity index (χ1v) is 4.59. The molecule has 2 atom stereocenters. The van der Waals surface area contributed by atoms with Crippen LogP contribution in [-0.2, 0) is 0 Å². The predicted octanol–water partition coefficient (Wildman–Crippen LogP) is 2.14. The summed E-state index contributed by atoms with van der Waals surface area (Å²) in [5, 5.41) is 3.33. The van der Waals surface area contributed by atoms with E-state index >= 15 is 0 Å². The molecule has 0 aliphatic heterocycles. The molecule has 0 aromatic carbocycles.